The average Bonchev–Trinajstić information content (AvgIpc) is 2.43. The fourth-order valence-electron chi connectivity index (χ4n) is 1.90. The zero-order chi connectivity index (χ0) is 14.3. The van der Waals surface area contributed by atoms with Crippen LogP contribution in [0.3, 0.4) is 0 Å². The minimum absolute atomic E-state index is 0.00227. The van der Waals surface area contributed by atoms with Crippen LogP contribution in [0.4, 0.5) is 0 Å². The maximum atomic E-state index is 11.4. The number of rotatable bonds is 6. The van der Waals surface area contributed by atoms with Gasteiger partial charge in [-0.05, 0) is 24.0 Å². The Labute approximate surface area is 113 Å². The van der Waals surface area contributed by atoms with Crippen molar-refractivity contribution in [2.75, 3.05) is 0 Å². The Morgan fingerprint density at radius 1 is 1.37 bits per heavy atom. The Bertz CT molecular complexity index is 536. The van der Waals surface area contributed by atoms with Gasteiger partial charge in [0.25, 0.3) is 0 Å². The monoisotopic (exact) mass is 255 g/mol. The lowest BCUT2D eigenvalue weighted by molar-refractivity contribution is -0.132. The zero-order valence-electron chi connectivity index (χ0n) is 11.0. The number of benzene rings is 1. The molecule has 0 aliphatic rings. The molecule has 98 valence electrons. The van der Waals surface area contributed by atoms with Crippen molar-refractivity contribution in [2.24, 2.45) is 0 Å². The van der Waals surface area contributed by atoms with E-state index in [0.29, 0.717) is 12.0 Å². The molecule has 0 fully saturated rings. The molecule has 1 rings (SSSR count). The average molecular weight is 255 g/mol. The summed E-state index contributed by atoms with van der Waals surface area (Å²) in [5.41, 5.74) is 1.55. The number of carboxylic acid groups (broad SMARTS) is 1. The molecule has 0 saturated heterocycles. The molecule has 19 heavy (non-hydrogen) atoms. The van der Waals surface area contributed by atoms with Gasteiger partial charge in [0.2, 0.25) is 0 Å². The number of aliphatic carboxylic acids is 1. The van der Waals surface area contributed by atoms with E-state index >= 15 is 0 Å². The van der Waals surface area contributed by atoms with Crippen LogP contribution in [0.5, 0.6) is 0 Å². The molecular formula is C16H17NO2. The summed E-state index contributed by atoms with van der Waals surface area (Å²) in [6.07, 6.45) is 2.46. The van der Waals surface area contributed by atoms with Crippen LogP contribution in [0.1, 0.15) is 31.7 Å². The van der Waals surface area contributed by atoms with Crippen molar-refractivity contribution >= 4 is 11.5 Å². The van der Waals surface area contributed by atoms with E-state index in [9.17, 15) is 9.90 Å². The lowest BCUT2D eigenvalue weighted by Crippen LogP contribution is -2.06. The Balaban J connectivity index is 3.39. The third kappa shape index (κ3) is 3.82. The van der Waals surface area contributed by atoms with Crippen LogP contribution in [0.2, 0.25) is 0 Å². The smallest absolute Gasteiger partial charge is 0.337 e. The summed E-state index contributed by atoms with van der Waals surface area (Å²) >= 11 is 0. The molecule has 0 radical (unpaired) electrons. The maximum Gasteiger partial charge on any atom is 0.337 e. The first-order valence-corrected chi connectivity index (χ1v) is 6.23. The molecule has 3 nitrogen and oxygen atoms in total. The van der Waals surface area contributed by atoms with Crippen LogP contribution in [0.15, 0.2) is 48.1 Å². The van der Waals surface area contributed by atoms with Gasteiger partial charge in [-0.3, -0.25) is 0 Å². The number of carboxylic acids is 1. The molecule has 0 amide bonds. The first-order valence-electron chi connectivity index (χ1n) is 6.23. The minimum atomic E-state index is -1.10. The molecule has 0 aliphatic carbocycles. The van der Waals surface area contributed by atoms with Gasteiger partial charge in [-0.2, -0.15) is 5.26 Å². The summed E-state index contributed by atoms with van der Waals surface area (Å²) in [6.45, 7) is 5.59. The van der Waals surface area contributed by atoms with Gasteiger partial charge < -0.3 is 5.11 Å². The highest BCUT2D eigenvalue weighted by atomic mass is 16.4. The number of carbonyl (C=O) groups is 1. The van der Waals surface area contributed by atoms with Crippen LogP contribution in [-0.4, -0.2) is 11.1 Å². The Morgan fingerprint density at radius 3 is 2.47 bits per heavy atom. The number of hydrogen-bond donors (Lipinski definition) is 1. The predicted molar refractivity (Wildman–Crippen MR) is 75.3 cm³/mol. The normalized spacial score (nSPS) is 11.4. The first kappa shape index (κ1) is 14.7. The van der Waals surface area contributed by atoms with Gasteiger partial charge in [-0.1, -0.05) is 50.3 Å². The summed E-state index contributed by atoms with van der Waals surface area (Å²) in [5.74, 6) is -1.10. The molecule has 0 atom stereocenters. The zero-order valence-corrected chi connectivity index (χ0v) is 11.0. The summed E-state index contributed by atoms with van der Waals surface area (Å²) in [4.78, 5) is 11.4. The van der Waals surface area contributed by atoms with Gasteiger partial charge >= 0.3 is 5.97 Å². The fourth-order valence-corrected chi connectivity index (χ4v) is 1.90. The SMILES string of the molecule is C=C(C#N)C(C(=O)O)=C(CCCC)c1ccccc1. The van der Waals surface area contributed by atoms with Crippen molar-refractivity contribution in [3.05, 3.63) is 53.6 Å². The van der Waals surface area contributed by atoms with E-state index in [0.717, 1.165) is 18.4 Å². The molecule has 0 aromatic heterocycles. The van der Waals surface area contributed by atoms with E-state index in [-0.39, 0.29) is 11.1 Å². The molecule has 1 N–H and O–H groups in total. The number of allylic oxidation sites excluding steroid dienone is 1. The second kappa shape index (κ2) is 7.17. The third-order valence-corrected chi connectivity index (χ3v) is 2.85. The highest BCUT2D eigenvalue weighted by Crippen LogP contribution is 2.28. The van der Waals surface area contributed by atoms with Crippen molar-refractivity contribution < 1.29 is 9.90 Å². The van der Waals surface area contributed by atoms with Gasteiger partial charge in [0, 0.05) is 0 Å². The fraction of sp³-hybridized carbons (Fsp3) is 0.250. The van der Waals surface area contributed by atoms with Crippen LogP contribution >= 0.6 is 0 Å². The number of hydrogen-bond acceptors (Lipinski definition) is 2. The molecule has 1 aromatic rings. The summed E-state index contributed by atoms with van der Waals surface area (Å²) < 4.78 is 0. The lowest BCUT2D eigenvalue weighted by Gasteiger charge is -2.12. The van der Waals surface area contributed by atoms with E-state index in [1.807, 2.05) is 43.3 Å². The summed E-state index contributed by atoms with van der Waals surface area (Å²) in [6, 6.07) is 11.1. The van der Waals surface area contributed by atoms with Crippen LogP contribution in [0, 0.1) is 11.3 Å². The number of unbranched alkanes of at least 4 members (excludes halogenated alkanes) is 1. The van der Waals surface area contributed by atoms with Crippen molar-refractivity contribution in [1.82, 2.24) is 0 Å². The van der Waals surface area contributed by atoms with E-state index in [4.69, 9.17) is 5.26 Å². The Hall–Kier alpha value is -2.34. The summed E-state index contributed by atoms with van der Waals surface area (Å²) in [5, 5.41) is 18.3. The van der Waals surface area contributed by atoms with Gasteiger partial charge in [0.15, 0.2) is 0 Å². The van der Waals surface area contributed by atoms with Crippen molar-refractivity contribution in [3.8, 4) is 6.07 Å². The van der Waals surface area contributed by atoms with Crippen LogP contribution in [-0.2, 0) is 4.79 Å². The van der Waals surface area contributed by atoms with Gasteiger partial charge in [-0.15, -0.1) is 0 Å². The van der Waals surface area contributed by atoms with E-state index in [2.05, 4.69) is 6.58 Å². The van der Waals surface area contributed by atoms with E-state index in [1.54, 1.807) is 0 Å². The topological polar surface area (TPSA) is 61.1 Å². The first-order chi connectivity index (χ1) is 9.11. The largest absolute Gasteiger partial charge is 0.478 e. The van der Waals surface area contributed by atoms with E-state index < -0.39 is 5.97 Å². The summed E-state index contributed by atoms with van der Waals surface area (Å²) in [7, 11) is 0. The Morgan fingerprint density at radius 2 is 2.00 bits per heavy atom. The van der Waals surface area contributed by atoms with Crippen molar-refractivity contribution in [3.63, 3.8) is 0 Å². The second-order valence-electron chi connectivity index (χ2n) is 4.22. The number of nitriles is 1. The number of nitrogens with zero attached hydrogens (tertiary/aromatic N) is 1. The molecule has 0 aliphatic heterocycles. The highest BCUT2D eigenvalue weighted by Gasteiger charge is 2.18. The molecule has 1 aromatic carbocycles. The Kier molecular flexibility index (Phi) is 5.56. The molecule has 3 heteroatoms. The molecule has 0 unspecified atom stereocenters. The highest BCUT2D eigenvalue weighted by molar-refractivity contribution is 6.02. The molecule has 0 saturated carbocycles. The molecule has 0 bridgehead atoms. The quantitative estimate of drug-likeness (QED) is 0.478. The maximum absolute atomic E-state index is 11.4. The van der Waals surface area contributed by atoms with Gasteiger partial charge in [-0.25, -0.2) is 4.79 Å². The van der Waals surface area contributed by atoms with Crippen LogP contribution < -0.4 is 0 Å². The van der Waals surface area contributed by atoms with Gasteiger partial charge in [0.05, 0.1) is 17.2 Å². The van der Waals surface area contributed by atoms with Crippen molar-refractivity contribution in [2.45, 2.75) is 26.2 Å². The van der Waals surface area contributed by atoms with E-state index in [1.165, 1.54) is 0 Å². The van der Waals surface area contributed by atoms with Crippen LogP contribution in [0.25, 0.3) is 5.57 Å². The molecule has 0 heterocycles. The lowest BCUT2D eigenvalue weighted by atomic mass is 9.92. The van der Waals surface area contributed by atoms with Gasteiger partial charge in [0.1, 0.15) is 0 Å². The second-order valence-corrected chi connectivity index (χ2v) is 4.22. The molecular weight excluding hydrogens is 238 g/mol. The molecule has 0 spiro atoms. The predicted octanol–water partition coefficient (Wildman–Crippen LogP) is 3.79. The van der Waals surface area contributed by atoms with Crippen molar-refractivity contribution in [1.29, 1.82) is 5.26 Å². The minimum Gasteiger partial charge on any atom is -0.478 e. The standard InChI is InChI=1S/C16H17NO2/c1-3-4-10-14(13-8-6-5-7-9-13)15(16(18)19)12(2)11-17/h5-9H,2-4,10H2,1H3,(H,18,19). The third-order valence-electron chi connectivity index (χ3n) is 2.85.